The van der Waals surface area contributed by atoms with Crippen molar-refractivity contribution in [2.45, 2.75) is 27.2 Å². The standard InChI is InChI=1S/C21H19N3O2S/c1-12-4-9-18-19(10-12)27-21(23-18)15-5-7-16(8-6-15)22-20(25)11-17-13(2)24-26-14(17)3/h4-10H,11H2,1-3H3,(H,22,25). The van der Waals surface area contributed by atoms with Crippen LogP contribution in [0.1, 0.15) is 22.6 Å². The summed E-state index contributed by atoms with van der Waals surface area (Å²) in [6.07, 6.45) is 0.250. The molecule has 0 aliphatic rings. The number of aromatic nitrogens is 2. The quantitative estimate of drug-likeness (QED) is 0.540. The molecule has 0 radical (unpaired) electrons. The van der Waals surface area contributed by atoms with Gasteiger partial charge in [0.05, 0.1) is 22.3 Å². The lowest BCUT2D eigenvalue weighted by Gasteiger charge is -2.06. The van der Waals surface area contributed by atoms with Crippen LogP contribution in [0.3, 0.4) is 0 Å². The van der Waals surface area contributed by atoms with Gasteiger partial charge in [0, 0.05) is 16.8 Å². The van der Waals surface area contributed by atoms with E-state index in [0.717, 1.165) is 33.0 Å². The predicted molar refractivity (Wildman–Crippen MR) is 108 cm³/mol. The van der Waals surface area contributed by atoms with Gasteiger partial charge < -0.3 is 9.84 Å². The van der Waals surface area contributed by atoms with E-state index < -0.39 is 0 Å². The molecule has 0 aliphatic carbocycles. The van der Waals surface area contributed by atoms with E-state index >= 15 is 0 Å². The average molecular weight is 377 g/mol. The summed E-state index contributed by atoms with van der Waals surface area (Å²) in [5, 5.41) is 7.78. The van der Waals surface area contributed by atoms with Gasteiger partial charge in [-0.1, -0.05) is 11.2 Å². The molecule has 0 atom stereocenters. The maximum Gasteiger partial charge on any atom is 0.228 e. The van der Waals surface area contributed by atoms with Crippen molar-refractivity contribution in [3.8, 4) is 10.6 Å². The number of nitrogens with zero attached hydrogens (tertiary/aromatic N) is 2. The van der Waals surface area contributed by atoms with Crippen molar-refractivity contribution in [1.29, 1.82) is 0 Å². The summed E-state index contributed by atoms with van der Waals surface area (Å²) < 4.78 is 6.29. The van der Waals surface area contributed by atoms with Crippen LogP contribution in [0.5, 0.6) is 0 Å². The van der Waals surface area contributed by atoms with Gasteiger partial charge in [0.15, 0.2) is 0 Å². The highest BCUT2D eigenvalue weighted by Gasteiger charge is 2.14. The molecule has 4 rings (SSSR count). The molecule has 5 nitrogen and oxygen atoms in total. The molecule has 2 aromatic carbocycles. The first-order valence-electron chi connectivity index (χ1n) is 8.69. The van der Waals surface area contributed by atoms with Crippen molar-refractivity contribution in [2.24, 2.45) is 0 Å². The lowest BCUT2D eigenvalue weighted by molar-refractivity contribution is -0.115. The lowest BCUT2D eigenvalue weighted by atomic mass is 10.1. The van der Waals surface area contributed by atoms with Crippen LogP contribution in [0, 0.1) is 20.8 Å². The first-order chi connectivity index (χ1) is 13.0. The van der Waals surface area contributed by atoms with Gasteiger partial charge in [-0.2, -0.15) is 0 Å². The Labute approximate surface area is 161 Å². The molecule has 0 aliphatic heterocycles. The number of amides is 1. The Morgan fingerprint density at radius 3 is 2.59 bits per heavy atom. The molecule has 2 heterocycles. The van der Waals surface area contributed by atoms with Crippen molar-refractivity contribution in [3.63, 3.8) is 0 Å². The largest absolute Gasteiger partial charge is 0.361 e. The number of carbonyl (C=O) groups excluding carboxylic acids is 1. The van der Waals surface area contributed by atoms with E-state index in [4.69, 9.17) is 9.51 Å². The summed E-state index contributed by atoms with van der Waals surface area (Å²) in [6, 6.07) is 14.0. The summed E-state index contributed by atoms with van der Waals surface area (Å²) in [7, 11) is 0. The molecule has 0 spiro atoms. The molecule has 0 bridgehead atoms. The van der Waals surface area contributed by atoms with Crippen molar-refractivity contribution in [2.75, 3.05) is 5.32 Å². The van der Waals surface area contributed by atoms with E-state index in [9.17, 15) is 4.79 Å². The van der Waals surface area contributed by atoms with Crippen LogP contribution >= 0.6 is 11.3 Å². The maximum atomic E-state index is 12.3. The molecule has 1 amide bonds. The van der Waals surface area contributed by atoms with Crippen molar-refractivity contribution in [1.82, 2.24) is 10.1 Å². The molecule has 2 aromatic heterocycles. The van der Waals surface area contributed by atoms with Gasteiger partial charge in [-0.15, -0.1) is 11.3 Å². The van der Waals surface area contributed by atoms with Crippen LogP contribution in [0.25, 0.3) is 20.8 Å². The minimum Gasteiger partial charge on any atom is -0.361 e. The highest BCUT2D eigenvalue weighted by atomic mass is 32.1. The molecule has 0 saturated heterocycles. The van der Waals surface area contributed by atoms with Gasteiger partial charge in [-0.3, -0.25) is 4.79 Å². The number of anilines is 1. The number of fused-ring (bicyclic) bond motifs is 1. The average Bonchev–Trinajstić information content (AvgIpc) is 3.20. The maximum absolute atomic E-state index is 12.3. The highest BCUT2D eigenvalue weighted by molar-refractivity contribution is 7.21. The minimum atomic E-state index is -0.0902. The predicted octanol–water partition coefficient (Wildman–Crippen LogP) is 5.06. The van der Waals surface area contributed by atoms with Crippen molar-refractivity contribution < 1.29 is 9.32 Å². The molecular weight excluding hydrogens is 358 g/mol. The Morgan fingerprint density at radius 1 is 1.11 bits per heavy atom. The van der Waals surface area contributed by atoms with E-state index in [-0.39, 0.29) is 12.3 Å². The zero-order chi connectivity index (χ0) is 19.0. The topological polar surface area (TPSA) is 68.0 Å². The van der Waals surface area contributed by atoms with Crippen LogP contribution < -0.4 is 5.32 Å². The Kier molecular flexibility index (Phi) is 4.49. The number of hydrogen-bond acceptors (Lipinski definition) is 5. The summed E-state index contributed by atoms with van der Waals surface area (Å²) in [5.41, 5.74) is 5.63. The second-order valence-electron chi connectivity index (χ2n) is 6.60. The molecule has 1 N–H and O–H groups in total. The molecule has 0 saturated carbocycles. The van der Waals surface area contributed by atoms with Gasteiger partial charge in [-0.25, -0.2) is 4.98 Å². The minimum absolute atomic E-state index is 0.0902. The number of benzene rings is 2. The molecule has 4 aromatic rings. The molecule has 27 heavy (non-hydrogen) atoms. The number of rotatable bonds is 4. The Hall–Kier alpha value is -2.99. The molecule has 0 fully saturated rings. The van der Waals surface area contributed by atoms with E-state index in [1.54, 1.807) is 11.3 Å². The number of thiazole rings is 1. The van der Waals surface area contributed by atoms with Gasteiger partial charge >= 0.3 is 0 Å². The fraction of sp³-hybridized carbons (Fsp3) is 0.190. The first kappa shape index (κ1) is 17.4. The van der Waals surface area contributed by atoms with E-state index in [2.05, 4.69) is 29.5 Å². The third kappa shape index (κ3) is 3.61. The second-order valence-corrected chi connectivity index (χ2v) is 7.63. The molecule has 6 heteroatoms. The highest BCUT2D eigenvalue weighted by Crippen LogP contribution is 2.31. The Morgan fingerprint density at radius 2 is 1.89 bits per heavy atom. The number of carbonyl (C=O) groups is 1. The number of aryl methyl sites for hydroxylation is 3. The van der Waals surface area contributed by atoms with Crippen LogP contribution in [-0.4, -0.2) is 16.0 Å². The normalized spacial score (nSPS) is 11.1. The number of hydrogen-bond donors (Lipinski definition) is 1. The smallest absolute Gasteiger partial charge is 0.228 e. The van der Waals surface area contributed by atoms with Crippen LogP contribution in [0.15, 0.2) is 47.0 Å². The monoisotopic (exact) mass is 377 g/mol. The second kappa shape index (κ2) is 6.96. The van der Waals surface area contributed by atoms with Crippen LogP contribution in [0.4, 0.5) is 5.69 Å². The SMILES string of the molecule is Cc1ccc2nc(-c3ccc(NC(=O)Cc4c(C)noc4C)cc3)sc2c1. The number of nitrogens with one attached hydrogen (secondary N) is 1. The molecule has 0 unspecified atom stereocenters. The van der Waals surface area contributed by atoms with Gasteiger partial charge in [-0.05, 0) is 62.7 Å². The summed E-state index contributed by atoms with van der Waals surface area (Å²) in [4.78, 5) is 17.0. The van der Waals surface area contributed by atoms with E-state index in [1.807, 2.05) is 44.2 Å². The molecule has 136 valence electrons. The zero-order valence-corrected chi connectivity index (χ0v) is 16.2. The van der Waals surface area contributed by atoms with Crippen molar-refractivity contribution in [3.05, 3.63) is 65.0 Å². The first-order valence-corrected chi connectivity index (χ1v) is 9.50. The molecular formula is C21H19N3O2S. The summed E-state index contributed by atoms with van der Waals surface area (Å²) in [6.45, 7) is 5.74. The lowest BCUT2D eigenvalue weighted by Crippen LogP contribution is -2.15. The van der Waals surface area contributed by atoms with Crippen LogP contribution in [0.2, 0.25) is 0 Å². The van der Waals surface area contributed by atoms with Gasteiger partial charge in [0.25, 0.3) is 0 Å². The fourth-order valence-corrected chi connectivity index (χ4v) is 4.04. The van der Waals surface area contributed by atoms with Crippen LogP contribution in [-0.2, 0) is 11.2 Å². The Balaban J connectivity index is 1.49. The van der Waals surface area contributed by atoms with E-state index in [1.165, 1.54) is 10.3 Å². The fourth-order valence-electron chi connectivity index (χ4n) is 2.97. The van der Waals surface area contributed by atoms with E-state index in [0.29, 0.717) is 5.76 Å². The van der Waals surface area contributed by atoms with Gasteiger partial charge in [0.2, 0.25) is 5.91 Å². The van der Waals surface area contributed by atoms with Gasteiger partial charge in [0.1, 0.15) is 10.8 Å². The summed E-state index contributed by atoms with van der Waals surface area (Å²) in [5.74, 6) is 0.594. The third-order valence-electron chi connectivity index (χ3n) is 4.48. The Bertz CT molecular complexity index is 1110. The third-order valence-corrected chi connectivity index (χ3v) is 5.55. The zero-order valence-electron chi connectivity index (χ0n) is 15.4. The van der Waals surface area contributed by atoms with Crippen molar-refractivity contribution >= 4 is 33.1 Å². The summed E-state index contributed by atoms with van der Waals surface area (Å²) >= 11 is 1.67.